The highest BCUT2D eigenvalue weighted by atomic mass is 35.5. The van der Waals surface area contributed by atoms with Gasteiger partial charge in [-0.05, 0) is 31.2 Å². The maximum absolute atomic E-state index is 12.0. The first-order valence-electron chi connectivity index (χ1n) is 7.38. The lowest BCUT2D eigenvalue weighted by atomic mass is 10.3. The highest BCUT2D eigenvalue weighted by molar-refractivity contribution is 6.30. The molecule has 0 aliphatic rings. The minimum absolute atomic E-state index is 0.121. The zero-order chi connectivity index (χ0) is 17.5. The van der Waals surface area contributed by atoms with Crippen LogP contribution in [0, 0.1) is 0 Å². The van der Waals surface area contributed by atoms with Gasteiger partial charge in [-0.1, -0.05) is 11.6 Å². The molecule has 0 saturated carbocycles. The zero-order valence-electron chi connectivity index (χ0n) is 13.4. The summed E-state index contributed by atoms with van der Waals surface area (Å²) in [4.78, 5) is 23.9. The molecule has 0 radical (unpaired) electrons. The van der Waals surface area contributed by atoms with Gasteiger partial charge < -0.3 is 14.8 Å². The number of ether oxygens (including phenoxy) is 2. The van der Waals surface area contributed by atoms with E-state index in [2.05, 4.69) is 10.4 Å². The molecular formula is C16H18ClN3O4. The summed E-state index contributed by atoms with van der Waals surface area (Å²) in [5.41, 5.74) is 0.214. The van der Waals surface area contributed by atoms with Gasteiger partial charge in [-0.2, -0.15) is 5.10 Å². The second-order valence-corrected chi connectivity index (χ2v) is 5.29. The fourth-order valence-electron chi connectivity index (χ4n) is 1.93. The first-order valence-corrected chi connectivity index (χ1v) is 7.76. The molecule has 2 aromatic rings. The topological polar surface area (TPSA) is 82.5 Å². The van der Waals surface area contributed by atoms with Crippen molar-refractivity contribution in [2.24, 2.45) is 7.05 Å². The van der Waals surface area contributed by atoms with Crippen LogP contribution >= 0.6 is 11.6 Å². The van der Waals surface area contributed by atoms with Crippen LogP contribution in [-0.2, 0) is 16.6 Å². The van der Waals surface area contributed by atoms with E-state index in [9.17, 15) is 9.59 Å². The molecule has 0 unspecified atom stereocenters. The van der Waals surface area contributed by atoms with Crippen molar-refractivity contribution in [2.75, 3.05) is 18.5 Å². The average molecular weight is 352 g/mol. The number of nitrogens with one attached hydrogen (secondary N) is 1. The summed E-state index contributed by atoms with van der Waals surface area (Å²) in [6.07, 6.45) is 1.48. The third kappa shape index (κ3) is 4.73. The number of amides is 1. The molecule has 0 fully saturated rings. The molecule has 128 valence electrons. The number of esters is 1. The van der Waals surface area contributed by atoms with E-state index in [-0.39, 0.29) is 31.1 Å². The monoisotopic (exact) mass is 351 g/mol. The van der Waals surface area contributed by atoms with Crippen molar-refractivity contribution in [3.8, 4) is 5.75 Å². The van der Waals surface area contributed by atoms with Crippen LogP contribution in [0.4, 0.5) is 5.82 Å². The SMILES string of the molecule is CCOC(=O)c1cnn(C)c1NC(=O)CCOc1ccc(Cl)cc1. The first kappa shape index (κ1) is 17.8. The predicted molar refractivity (Wildman–Crippen MR) is 89.4 cm³/mol. The summed E-state index contributed by atoms with van der Waals surface area (Å²) in [5, 5.41) is 7.23. The van der Waals surface area contributed by atoms with E-state index in [0.29, 0.717) is 16.6 Å². The number of hydrogen-bond donors (Lipinski definition) is 1. The number of halogens is 1. The van der Waals surface area contributed by atoms with Crippen LogP contribution in [-0.4, -0.2) is 34.9 Å². The summed E-state index contributed by atoms with van der Waals surface area (Å²) in [6, 6.07) is 6.86. The molecule has 1 aromatic carbocycles. The molecule has 0 atom stereocenters. The molecule has 1 amide bonds. The Kier molecular flexibility index (Phi) is 6.20. The van der Waals surface area contributed by atoms with Gasteiger partial charge >= 0.3 is 5.97 Å². The average Bonchev–Trinajstić information content (AvgIpc) is 2.90. The number of carbonyl (C=O) groups excluding carboxylic acids is 2. The van der Waals surface area contributed by atoms with Crippen molar-refractivity contribution >= 4 is 29.3 Å². The molecule has 0 spiro atoms. The Morgan fingerprint density at radius 3 is 2.67 bits per heavy atom. The molecule has 24 heavy (non-hydrogen) atoms. The van der Waals surface area contributed by atoms with E-state index in [1.54, 1.807) is 38.2 Å². The molecule has 1 N–H and O–H groups in total. The smallest absolute Gasteiger partial charge is 0.343 e. The van der Waals surface area contributed by atoms with E-state index in [1.165, 1.54) is 10.9 Å². The van der Waals surface area contributed by atoms with Gasteiger partial charge in [-0.3, -0.25) is 9.48 Å². The second-order valence-electron chi connectivity index (χ2n) is 4.85. The first-order chi connectivity index (χ1) is 11.5. The Morgan fingerprint density at radius 2 is 2.00 bits per heavy atom. The van der Waals surface area contributed by atoms with Gasteiger partial charge in [0.05, 0.1) is 25.8 Å². The molecule has 0 bridgehead atoms. The third-order valence-corrected chi connectivity index (χ3v) is 3.36. The van der Waals surface area contributed by atoms with Crippen LogP contribution in [0.25, 0.3) is 0 Å². The molecular weight excluding hydrogens is 334 g/mol. The summed E-state index contributed by atoms with van der Waals surface area (Å²) < 4.78 is 11.8. The molecule has 1 heterocycles. The van der Waals surface area contributed by atoms with E-state index in [4.69, 9.17) is 21.1 Å². The van der Waals surface area contributed by atoms with Crippen molar-refractivity contribution in [3.63, 3.8) is 0 Å². The van der Waals surface area contributed by atoms with Gasteiger partial charge in [0, 0.05) is 12.1 Å². The van der Waals surface area contributed by atoms with Crippen LogP contribution in [0.1, 0.15) is 23.7 Å². The van der Waals surface area contributed by atoms with Gasteiger partial charge in [-0.25, -0.2) is 4.79 Å². The Balaban J connectivity index is 1.89. The van der Waals surface area contributed by atoms with Gasteiger partial charge in [0.25, 0.3) is 0 Å². The lowest BCUT2D eigenvalue weighted by Gasteiger charge is -2.09. The fraction of sp³-hybridized carbons (Fsp3) is 0.312. The lowest BCUT2D eigenvalue weighted by molar-refractivity contribution is -0.116. The molecule has 0 aliphatic carbocycles. The van der Waals surface area contributed by atoms with Crippen molar-refractivity contribution < 1.29 is 19.1 Å². The second kappa shape index (κ2) is 8.35. The number of carbonyl (C=O) groups is 2. The van der Waals surface area contributed by atoms with Gasteiger partial charge in [0.1, 0.15) is 17.1 Å². The number of nitrogens with zero attached hydrogens (tertiary/aromatic N) is 2. The summed E-state index contributed by atoms with van der Waals surface area (Å²) in [5.74, 6) is 0.0984. The number of hydrogen-bond acceptors (Lipinski definition) is 5. The molecule has 0 aliphatic heterocycles. The standard InChI is InChI=1S/C16H18ClN3O4/c1-3-23-16(22)13-10-18-20(2)15(13)19-14(21)8-9-24-12-6-4-11(17)5-7-12/h4-7,10H,3,8-9H2,1-2H3,(H,19,21). The number of aromatic nitrogens is 2. The summed E-state index contributed by atoms with van der Waals surface area (Å²) in [6.45, 7) is 2.15. The van der Waals surface area contributed by atoms with Crippen LogP contribution in [0.15, 0.2) is 30.5 Å². The number of rotatable bonds is 7. The van der Waals surface area contributed by atoms with E-state index in [1.807, 2.05) is 0 Å². The highest BCUT2D eigenvalue weighted by Crippen LogP contribution is 2.17. The van der Waals surface area contributed by atoms with E-state index in [0.717, 1.165) is 0 Å². The van der Waals surface area contributed by atoms with Crippen LogP contribution in [0.3, 0.4) is 0 Å². The Labute approximate surface area is 144 Å². The van der Waals surface area contributed by atoms with Gasteiger partial charge in [0.2, 0.25) is 5.91 Å². The van der Waals surface area contributed by atoms with Crippen molar-refractivity contribution in [2.45, 2.75) is 13.3 Å². The van der Waals surface area contributed by atoms with Crippen molar-refractivity contribution in [1.29, 1.82) is 0 Å². The van der Waals surface area contributed by atoms with Crippen molar-refractivity contribution in [1.82, 2.24) is 9.78 Å². The molecule has 8 heteroatoms. The minimum atomic E-state index is -0.529. The van der Waals surface area contributed by atoms with Gasteiger partial charge in [-0.15, -0.1) is 0 Å². The normalized spacial score (nSPS) is 10.3. The summed E-state index contributed by atoms with van der Waals surface area (Å²) in [7, 11) is 1.63. The Hall–Kier alpha value is -2.54. The van der Waals surface area contributed by atoms with E-state index < -0.39 is 5.97 Å². The lowest BCUT2D eigenvalue weighted by Crippen LogP contribution is -2.19. The summed E-state index contributed by atoms with van der Waals surface area (Å²) >= 11 is 5.79. The molecule has 7 nitrogen and oxygen atoms in total. The van der Waals surface area contributed by atoms with Gasteiger partial charge in [0.15, 0.2) is 0 Å². The minimum Gasteiger partial charge on any atom is -0.493 e. The quantitative estimate of drug-likeness (QED) is 0.775. The van der Waals surface area contributed by atoms with Crippen molar-refractivity contribution in [3.05, 3.63) is 41.0 Å². The number of aryl methyl sites for hydroxylation is 1. The maximum Gasteiger partial charge on any atom is 0.343 e. The van der Waals surface area contributed by atoms with Crippen LogP contribution in [0.5, 0.6) is 5.75 Å². The Bertz CT molecular complexity index is 713. The zero-order valence-corrected chi connectivity index (χ0v) is 14.2. The molecule has 0 saturated heterocycles. The predicted octanol–water partition coefficient (Wildman–Crippen LogP) is 2.66. The van der Waals surface area contributed by atoms with E-state index >= 15 is 0 Å². The number of anilines is 1. The largest absolute Gasteiger partial charge is 0.493 e. The number of benzene rings is 1. The Morgan fingerprint density at radius 1 is 1.29 bits per heavy atom. The molecule has 1 aromatic heterocycles. The maximum atomic E-state index is 12.0. The fourth-order valence-corrected chi connectivity index (χ4v) is 2.06. The highest BCUT2D eigenvalue weighted by Gasteiger charge is 2.19. The molecule has 2 rings (SSSR count). The van der Waals surface area contributed by atoms with Crippen LogP contribution < -0.4 is 10.1 Å². The van der Waals surface area contributed by atoms with Crippen LogP contribution in [0.2, 0.25) is 5.02 Å². The third-order valence-electron chi connectivity index (χ3n) is 3.10.